The van der Waals surface area contributed by atoms with Crippen LogP contribution in [-0.4, -0.2) is 44.2 Å². The van der Waals surface area contributed by atoms with E-state index in [4.69, 9.17) is 21.1 Å². The lowest BCUT2D eigenvalue weighted by molar-refractivity contribution is -0.123. The van der Waals surface area contributed by atoms with Gasteiger partial charge in [-0.25, -0.2) is 0 Å². The van der Waals surface area contributed by atoms with Gasteiger partial charge in [0.05, 0.1) is 18.2 Å². The second-order valence-electron chi connectivity index (χ2n) is 6.91. The normalized spacial score (nSPS) is 15.6. The maximum Gasteiger partial charge on any atom is 0.258 e. The Morgan fingerprint density at radius 3 is 2.50 bits per heavy atom. The smallest absolute Gasteiger partial charge is 0.258 e. The molecule has 1 atom stereocenters. The van der Waals surface area contributed by atoms with Crippen LogP contribution in [0.1, 0.15) is 30.9 Å². The summed E-state index contributed by atoms with van der Waals surface area (Å²) in [6.45, 7) is 2.57. The third kappa shape index (κ3) is 5.63. The van der Waals surface area contributed by atoms with Gasteiger partial charge in [0, 0.05) is 6.54 Å². The molecule has 1 heterocycles. The summed E-state index contributed by atoms with van der Waals surface area (Å²) in [4.78, 5) is 14.8. The highest BCUT2D eigenvalue weighted by molar-refractivity contribution is 6.32. The predicted molar refractivity (Wildman–Crippen MR) is 111 cm³/mol. The van der Waals surface area contributed by atoms with E-state index in [0.717, 1.165) is 18.8 Å². The number of carbonyl (C=O) groups excluding carboxylic acids is 1. The molecule has 150 valence electrons. The third-order valence-corrected chi connectivity index (χ3v) is 5.33. The Morgan fingerprint density at radius 1 is 1.11 bits per heavy atom. The summed E-state index contributed by atoms with van der Waals surface area (Å²) in [5.74, 6) is 1.19. The molecule has 3 rings (SSSR count). The van der Waals surface area contributed by atoms with Gasteiger partial charge in [-0.3, -0.25) is 9.69 Å². The second kappa shape index (κ2) is 10.3. The second-order valence-corrected chi connectivity index (χ2v) is 7.32. The molecule has 1 N–H and O–H groups in total. The first kappa shape index (κ1) is 20.5. The molecule has 1 fully saturated rings. The fraction of sp³-hybridized carbons (Fsp3) is 0.409. The van der Waals surface area contributed by atoms with Crippen LogP contribution in [0.2, 0.25) is 5.02 Å². The maximum absolute atomic E-state index is 12.3. The van der Waals surface area contributed by atoms with E-state index in [2.05, 4.69) is 22.3 Å². The number of rotatable bonds is 8. The van der Waals surface area contributed by atoms with E-state index >= 15 is 0 Å². The van der Waals surface area contributed by atoms with Crippen molar-refractivity contribution >= 4 is 17.5 Å². The molecule has 6 heteroatoms. The van der Waals surface area contributed by atoms with Gasteiger partial charge in [-0.1, -0.05) is 42.3 Å². The number of benzene rings is 2. The van der Waals surface area contributed by atoms with Crippen LogP contribution in [0.3, 0.4) is 0 Å². The van der Waals surface area contributed by atoms with Gasteiger partial charge in [-0.2, -0.15) is 0 Å². The van der Waals surface area contributed by atoms with Crippen molar-refractivity contribution in [1.82, 2.24) is 10.2 Å². The number of carbonyl (C=O) groups is 1. The summed E-state index contributed by atoms with van der Waals surface area (Å²) in [6.07, 6.45) is 3.65. The molecule has 1 aliphatic heterocycles. The molecule has 2 aromatic rings. The van der Waals surface area contributed by atoms with Crippen LogP contribution in [0.5, 0.6) is 11.5 Å². The first-order valence-electron chi connectivity index (χ1n) is 9.69. The van der Waals surface area contributed by atoms with Crippen molar-refractivity contribution in [3.8, 4) is 11.5 Å². The number of halogens is 1. The molecule has 1 unspecified atom stereocenters. The first-order valence-corrected chi connectivity index (χ1v) is 10.1. The van der Waals surface area contributed by atoms with Crippen LogP contribution >= 0.6 is 11.6 Å². The number of nitrogens with one attached hydrogen (secondary N) is 1. The van der Waals surface area contributed by atoms with E-state index in [0.29, 0.717) is 17.3 Å². The molecule has 0 bridgehead atoms. The van der Waals surface area contributed by atoms with Gasteiger partial charge in [0.1, 0.15) is 11.5 Å². The lowest BCUT2D eigenvalue weighted by Crippen LogP contribution is -2.41. The van der Waals surface area contributed by atoms with E-state index in [1.807, 2.05) is 24.3 Å². The minimum absolute atomic E-state index is 0.0565. The van der Waals surface area contributed by atoms with E-state index in [1.54, 1.807) is 19.2 Å². The van der Waals surface area contributed by atoms with Gasteiger partial charge in [0.15, 0.2) is 6.61 Å². The molecule has 1 amide bonds. The number of nitrogens with zero attached hydrogens (tertiary/aromatic N) is 1. The number of amides is 1. The fourth-order valence-electron chi connectivity index (χ4n) is 3.48. The van der Waals surface area contributed by atoms with Gasteiger partial charge in [0.25, 0.3) is 5.91 Å². The van der Waals surface area contributed by atoms with Crippen molar-refractivity contribution in [3.63, 3.8) is 0 Å². The van der Waals surface area contributed by atoms with Gasteiger partial charge in [-0.15, -0.1) is 0 Å². The number of hydrogen-bond donors (Lipinski definition) is 1. The molecule has 0 aliphatic carbocycles. The maximum atomic E-state index is 12.3. The zero-order valence-corrected chi connectivity index (χ0v) is 17.0. The van der Waals surface area contributed by atoms with E-state index in [1.165, 1.54) is 24.8 Å². The molecule has 2 aromatic carbocycles. The molecule has 1 saturated heterocycles. The van der Waals surface area contributed by atoms with Crippen LogP contribution in [0, 0.1) is 0 Å². The molecule has 28 heavy (non-hydrogen) atoms. The summed E-state index contributed by atoms with van der Waals surface area (Å²) >= 11 is 6.07. The van der Waals surface area contributed by atoms with Gasteiger partial charge >= 0.3 is 0 Å². The van der Waals surface area contributed by atoms with Crippen molar-refractivity contribution in [1.29, 1.82) is 0 Å². The van der Waals surface area contributed by atoms with E-state index < -0.39 is 0 Å². The van der Waals surface area contributed by atoms with Gasteiger partial charge in [-0.05, 0) is 55.8 Å². The van der Waals surface area contributed by atoms with E-state index in [9.17, 15) is 4.79 Å². The number of methoxy groups -OCH3 is 1. The molecule has 5 nitrogen and oxygen atoms in total. The van der Waals surface area contributed by atoms with Gasteiger partial charge in [0.2, 0.25) is 0 Å². The quantitative estimate of drug-likeness (QED) is 0.723. The zero-order chi connectivity index (χ0) is 19.8. The molecule has 0 saturated carbocycles. The number of piperidine rings is 1. The van der Waals surface area contributed by atoms with E-state index in [-0.39, 0.29) is 18.6 Å². The first-order chi connectivity index (χ1) is 13.7. The zero-order valence-electron chi connectivity index (χ0n) is 16.2. The summed E-state index contributed by atoms with van der Waals surface area (Å²) in [5.41, 5.74) is 1.18. The highest BCUT2D eigenvalue weighted by Crippen LogP contribution is 2.26. The third-order valence-electron chi connectivity index (χ3n) is 5.02. The summed E-state index contributed by atoms with van der Waals surface area (Å²) in [6, 6.07) is 15.4. The Kier molecular flexibility index (Phi) is 7.57. The molecule has 1 aliphatic rings. The molecule has 0 spiro atoms. The van der Waals surface area contributed by atoms with Crippen molar-refractivity contribution in [2.45, 2.75) is 25.3 Å². The van der Waals surface area contributed by atoms with Crippen LogP contribution in [-0.2, 0) is 4.79 Å². The molecule has 0 aromatic heterocycles. The topological polar surface area (TPSA) is 50.8 Å². The number of ether oxygens (including phenoxy) is 2. The van der Waals surface area contributed by atoms with Gasteiger partial charge < -0.3 is 14.8 Å². The number of para-hydroxylation sites is 1. The number of hydrogen-bond acceptors (Lipinski definition) is 4. The highest BCUT2D eigenvalue weighted by Gasteiger charge is 2.23. The Labute approximate surface area is 171 Å². The SMILES string of the molecule is COc1ccc(C(CNC(=O)COc2ccccc2Cl)N2CCCCC2)cc1. The van der Waals surface area contributed by atoms with Crippen molar-refractivity contribution < 1.29 is 14.3 Å². The Morgan fingerprint density at radius 2 is 1.82 bits per heavy atom. The molecular weight excluding hydrogens is 376 g/mol. The summed E-state index contributed by atoms with van der Waals surface area (Å²) in [5, 5.41) is 3.52. The average molecular weight is 403 g/mol. The minimum Gasteiger partial charge on any atom is -0.497 e. The predicted octanol–water partition coefficient (Wildman–Crippen LogP) is 4.07. The van der Waals surface area contributed by atoms with Crippen LogP contribution in [0.25, 0.3) is 0 Å². The Hall–Kier alpha value is -2.24. The average Bonchev–Trinajstić information content (AvgIpc) is 2.74. The van der Waals surface area contributed by atoms with Crippen molar-refractivity contribution in [2.24, 2.45) is 0 Å². The summed E-state index contributed by atoms with van der Waals surface area (Å²) < 4.78 is 10.8. The lowest BCUT2D eigenvalue weighted by Gasteiger charge is -2.35. The molecular formula is C22H27ClN2O3. The van der Waals surface area contributed by atoms with Crippen molar-refractivity contribution in [2.75, 3.05) is 33.4 Å². The Bertz CT molecular complexity index is 761. The minimum atomic E-state index is -0.157. The van der Waals surface area contributed by atoms with Crippen LogP contribution in [0.4, 0.5) is 0 Å². The standard InChI is InChI=1S/C22H27ClN2O3/c1-27-18-11-9-17(10-12-18)20(25-13-5-2-6-14-25)15-24-22(26)16-28-21-8-4-3-7-19(21)23/h3-4,7-12,20H,2,5-6,13-16H2,1H3,(H,24,26). The number of likely N-dealkylation sites (tertiary alicyclic amines) is 1. The Balaban J connectivity index is 1.60. The lowest BCUT2D eigenvalue weighted by atomic mass is 10.0. The van der Waals surface area contributed by atoms with Crippen molar-refractivity contribution in [3.05, 3.63) is 59.1 Å². The van der Waals surface area contributed by atoms with Crippen LogP contribution in [0.15, 0.2) is 48.5 Å². The van der Waals surface area contributed by atoms with Crippen LogP contribution < -0.4 is 14.8 Å². The summed E-state index contributed by atoms with van der Waals surface area (Å²) in [7, 11) is 1.66. The highest BCUT2D eigenvalue weighted by atomic mass is 35.5. The largest absolute Gasteiger partial charge is 0.497 e. The fourth-order valence-corrected chi connectivity index (χ4v) is 3.67. The molecule has 0 radical (unpaired) electrons. The monoisotopic (exact) mass is 402 g/mol.